The summed E-state index contributed by atoms with van der Waals surface area (Å²) in [6, 6.07) is 0. The Morgan fingerprint density at radius 2 is 2.44 bits per heavy atom. The van der Waals surface area contributed by atoms with E-state index in [0.29, 0.717) is 13.0 Å². The van der Waals surface area contributed by atoms with Gasteiger partial charge in [0.15, 0.2) is 0 Å². The maximum absolute atomic E-state index is 11.1. The molecule has 1 aromatic rings. The third kappa shape index (κ3) is 2.27. The first-order valence-corrected chi connectivity index (χ1v) is 5.78. The molecular weight excluding hydrogens is 204 g/mol. The smallest absolute Gasteiger partial charge is 0.221 e. The normalized spacial score (nSPS) is 19.2. The van der Waals surface area contributed by atoms with Gasteiger partial charge in [-0.25, -0.2) is 0 Å². The van der Waals surface area contributed by atoms with Crippen molar-refractivity contribution in [3.8, 4) is 0 Å². The van der Waals surface area contributed by atoms with Gasteiger partial charge < -0.3 is 15.0 Å². The number of carbonyl (C=O) groups excluding carboxylic acids is 1. The van der Waals surface area contributed by atoms with Gasteiger partial charge in [0.25, 0.3) is 0 Å². The molecule has 2 rings (SSSR count). The van der Waals surface area contributed by atoms with Crippen molar-refractivity contribution in [2.24, 2.45) is 0 Å². The van der Waals surface area contributed by atoms with Crippen LogP contribution in [0.25, 0.3) is 0 Å². The molecule has 2 N–H and O–H groups in total. The predicted octanol–water partition coefficient (Wildman–Crippen LogP) is 0.994. The van der Waals surface area contributed by atoms with E-state index in [-0.39, 0.29) is 12.0 Å². The fourth-order valence-corrected chi connectivity index (χ4v) is 2.21. The van der Waals surface area contributed by atoms with E-state index in [0.717, 1.165) is 24.8 Å². The van der Waals surface area contributed by atoms with Crippen LogP contribution in [0.1, 0.15) is 36.5 Å². The average Bonchev–Trinajstić information content (AvgIpc) is 2.70. The molecule has 0 bridgehead atoms. The number of hydrogen-bond donors (Lipinski definition) is 2. The first-order valence-electron chi connectivity index (χ1n) is 5.78. The van der Waals surface area contributed by atoms with Crippen LogP contribution in [0.5, 0.6) is 0 Å². The van der Waals surface area contributed by atoms with Crippen LogP contribution in [-0.2, 0) is 17.8 Å². The summed E-state index contributed by atoms with van der Waals surface area (Å²) in [4.78, 5) is 11.1. The lowest BCUT2D eigenvalue weighted by Crippen LogP contribution is -2.19. The highest BCUT2D eigenvalue weighted by Crippen LogP contribution is 2.30. The Morgan fingerprint density at radius 3 is 3.12 bits per heavy atom. The van der Waals surface area contributed by atoms with E-state index in [4.69, 9.17) is 0 Å². The van der Waals surface area contributed by atoms with Crippen molar-refractivity contribution in [1.82, 2.24) is 9.88 Å². The van der Waals surface area contributed by atoms with Crippen molar-refractivity contribution in [2.45, 2.75) is 38.3 Å². The summed E-state index contributed by atoms with van der Waals surface area (Å²) in [6.07, 6.45) is 7.15. The number of aromatic nitrogens is 1. The molecule has 0 saturated heterocycles. The molecule has 88 valence electrons. The van der Waals surface area contributed by atoms with Crippen LogP contribution < -0.4 is 5.32 Å². The number of nitrogens with one attached hydrogen (secondary N) is 1. The van der Waals surface area contributed by atoms with Crippen molar-refractivity contribution in [2.75, 3.05) is 7.05 Å². The van der Waals surface area contributed by atoms with Gasteiger partial charge in [0, 0.05) is 38.0 Å². The van der Waals surface area contributed by atoms with Crippen molar-refractivity contribution >= 4 is 5.91 Å². The highest BCUT2D eigenvalue weighted by molar-refractivity contribution is 5.75. The minimum absolute atomic E-state index is 0.0484. The van der Waals surface area contributed by atoms with Gasteiger partial charge in [-0.3, -0.25) is 4.79 Å². The minimum Gasteiger partial charge on any atom is -0.388 e. The Balaban J connectivity index is 2.04. The van der Waals surface area contributed by atoms with Crippen LogP contribution in [0.15, 0.2) is 12.4 Å². The number of amides is 1. The predicted molar refractivity (Wildman–Crippen MR) is 61.0 cm³/mol. The Labute approximate surface area is 95.3 Å². The van der Waals surface area contributed by atoms with Crippen molar-refractivity contribution in [3.05, 3.63) is 23.5 Å². The highest BCUT2D eigenvalue weighted by atomic mass is 16.3. The molecule has 0 radical (unpaired) electrons. The summed E-state index contributed by atoms with van der Waals surface area (Å²) in [5.41, 5.74) is 2.28. The monoisotopic (exact) mass is 222 g/mol. The quantitative estimate of drug-likeness (QED) is 0.801. The van der Waals surface area contributed by atoms with Gasteiger partial charge >= 0.3 is 0 Å². The van der Waals surface area contributed by atoms with E-state index in [1.807, 2.05) is 10.8 Å². The molecule has 4 nitrogen and oxygen atoms in total. The summed E-state index contributed by atoms with van der Waals surface area (Å²) in [7, 11) is 1.65. The number of fused-ring (bicyclic) bond motifs is 1. The van der Waals surface area contributed by atoms with Crippen molar-refractivity contribution < 1.29 is 9.90 Å². The molecule has 1 aliphatic carbocycles. The number of aliphatic hydroxyl groups excluding tert-OH is 1. The topological polar surface area (TPSA) is 54.3 Å². The van der Waals surface area contributed by atoms with E-state index in [9.17, 15) is 9.90 Å². The van der Waals surface area contributed by atoms with Crippen LogP contribution in [0.2, 0.25) is 0 Å². The Bertz CT molecular complexity index is 384. The van der Waals surface area contributed by atoms with Gasteiger partial charge in [-0.2, -0.15) is 0 Å². The van der Waals surface area contributed by atoms with Gasteiger partial charge in [-0.05, 0) is 24.8 Å². The first-order chi connectivity index (χ1) is 7.70. The zero-order valence-electron chi connectivity index (χ0n) is 9.57. The molecule has 1 atom stereocenters. The molecule has 16 heavy (non-hydrogen) atoms. The molecule has 0 aliphatic heterocycles. The minimum atomic E-state index is -0.315. The maximum atomic E-state index is 11.1. The summed E-state index contributed by atoms with van der Waals surface area (Å²) in [5, 5.41) is 12.4. The molecule has 1 aliphatic rings. The van der Waals surface area contributed by atoms with Gasteiger partial charge in [0.05, 0.1) is 6.10 Å². The molecule has 0 fully saturated rings. The Kier molecular flexibility index (Phi) is 3.29. The molecule has 1 heterocycles. The third-order valence-corrected chi connectivity index (χ3v) is 3.16. The van der Waals surface area contributed by atoms with Crippen LogP contribution in [-0.4, -0.2) is 22.6 Å². The van der Waals surface area contributed by atoms with Gasteiger partial charge in [-0.15, -0.1) is 0 Å². The van der Waals surface area contributed by atoms with E-state index < -0.39 is 0 Å². The second-order valence-electron chi connectivity index (χ2n) is 4.31. The fourth-order valence-electron chi connectivity index (χ4n) is 2.21. The SMILES string of the molecule is CNC(=O)CCn1cc2c(c1)C(O)CCC2. The van der Waals surface area contributed by atoms with Crippen molar-refractivity contribution in [3.63, 3.8) is 0 Å². The lowest BCUT2D eigenvalue weighted by molar-refractivity contribution is -0.120. The summed E-state index contributed by atoms with van der Waals surface area (Å²) >= 11 is 0. The molecule has 0 saturated carbocycles. The van der Waals surface area contributed by atoms with Crippen LogP contribution in [0.4, 0.5) is 0 Å². The van der Waals surface area contributed by atoms with E-state index in [1.165, 1.54) is 5.56 Å². The van der Waals surface area contributed by atoms with Gasteiger partial charge in [0.2, 0.25) is 5.91 Å². The number of carbonyl (C=O) groups is 1. The molecule has 4 heteroatoms. The number of hydrogen-bond acceptors (Lipinski definition) is 2. The van der Waals surface area contributed by atoms with Crippen LogP contribution >= 0.6 is 0 Å². The molecule has 1 aromatic heterocycles. The number of rotatable bonds is 3. The van der Waals surface area contributed by atoms with E-state index in [1.54, 1.807) is 7.05 Å². The standard InChI is InChI=1S/C12H18N2O2/c1-13-12(16)5-6-14-7-9-3-2-4-11(15)10(9)8-14/h7-8,11,15H,2-6H2,1H3,(H,13,16). The average molecular weight is 222 g/mol. The largest absolute Gasteiger partial charge is 0.388 e. The van der Waals surface area contributed by atoms with Crippen LogP contribution in [0.3, 0.4) is 0 Å². The Morgan fingerprint density at radius 1 is 1.62 bits per heavy atom. The van der Waals surface area contributed by atoms with Crippen molar-refractivity contribution in [1.29, 1.82) is 0 Å². The zero-order valence-corrected chi connectivity index (χ0v) is 9.57. The first kappa shape index (κ1) is 11.2. The highest BCUT2D eigenvalue weighted by Gasteiger charge is 2.19. The Hall–Kier alpha value is -1.29. The molecule has 1 amide bonds. The van der Waals surface area contributed by atoms with E-state index in [2.05, 4.69) is 11.5 Å². The lowest BCUT2D eigenvalue weighted by atomic mass is 9.93. The molecular formula is C12H18N2O2. The number of aryl methyl sites for hydroxylation is 2. The molecule has 0 spiro atoms. The molecule has 1 unspecified atom stereocenters. The molecule has 0 aromatic carbocycles. The van der Waals surface area contributed by atoms with Gasteiger partial charge in [-0.1, -0.05) is 0 Å². The fraction of sp³-hybridized carbons (Fsp3) is 0.583. The number of aliphatic hydroxyl groups is 1. The summed E-state index contributed by atoms with van der Waals surface area (Å²) in [6.45, 7) is 0.680. The number of nitrogens with zero attached hydrogens (tertiary/aromatic N) is 1. The van der Waals surface area contributed by atoms with Gasteiger partial charge in [0.1, 0.15) is 0 Å². The summed E-state index contributed by atoms with van der Waals surface area (Å²) in [5.74, 6) is 0.0484. The summed E-state index contributed by atoms with van der Waals surface area (Å²) < 4.78 is 2.01. The second-order valence-corrected chi connectivity index (χ2v) is 4.31. The van der Waals surface area contributed by atoms with E-state index >= 15 is 0 Å². The zero-order chi connectivity index (χ0) is 11.5. The van der Waals surface area contributed by atoms with Crippen LogP contribution in [0, 0.1) is 0 Å². The maximum Gasteiger partial charge on any atom is 0.221 e. The second kappa shape index (κ2) is 4.70. The third-order valence-electron chi connectivity index (χ3n) is 3.16. The lowest BCUT2D eigenvalue weighted by Gasteiger charge is -2.16.